The topological polar surface area (TPSA) is 46.3 Å². The summed E-state index contributed by atoms with van der Waals surface area (Å²) < 4.78 is 0. The summed E-state index contributed by atoms with van der Waals surface area (Å²) in [6, 6.07) is 7.52. The summed E-state index contributed by atoms with van der Waals surface area (Å²) in [5, 5.41) is 0. The SMILES string of the molecule is CC(C)C1CCN(C(=O)/C=C/c2ccc(N)cc2)C1. The largest absolute Gasteiger partial charge is 0.399 e. The van der Waals surface area contributed by atoms with Crippen LogP contribution < -0.4 is 5.73 Å². The summed E-state index contributed by atoms with van der Waals surface area (Å²) in [6.07, 6.45) is 4.64. The Kier molecular flexibility index (Phi) is 4.25. The minimum Gasteiger partial charge on any atom is -0.399 e. The van der Waals surface area contributed by atoms with Crippen molar-refractivity contribution < 1.29 is 4.79 Å². The highest BCUT2D eigenvalue weighted by Gasteiger charge is 2.26. The number of hydrogen-bond acceptors (Lipinski definition) is 2. The highest BCUT2D eigenvalue weighted by Crippen LogP contribution is 2.23. The molecule has 1 fully saturated rings. The van der Waals surface area contributed by atoms with Gasteiger partial charge < -0.3 is 10.6 Å². The second kappa shape index (κ2) is 5.91. The summed E-state index contributed by atoms with van der Waals surface area (Å²) >= 11 is 0. The van der Waals surface area contributed by atoms with E-state index in [0.29, 0.717) is 11.8 Å². The molecule has 1 aliphatic heterocycles. The predicted octanol–water partition coefficient (Wildman–Crippen LogP) is 2.79. The van der Waals surface area contributed by atoms with Crippen molar-refractivity contribution >= 4 is 17.7 Å². The molecule has 0 radical (unpaired) electrons. The van der Waals surface area contributed by atoms with Gasteiger partial charge in [-0.05, 0) is 42.0 Å². The normalized spacial score (nSPS) is 19.5. The summed E-state index contributed by atoms with van der Waals surface area (Å²) in [4.78, 5) is 14.0. The lowest BCUT2D eigenvalue weighted by Gasteiger charge is -2.16. The first-order chi connectivity index (χ1) is 9.06. The third-order valence-corrected chi connectivity index (χ3v) is 3.83. The van der Waals surface area contributed by atoms with E-state index < -0.39 is 0 Å². The second-order valence-corrected chi connectivity index (χ2v) is 5.58. The van der Waals surface area contributed by atoms with Crippen molar-refractivity contribution in [2.24, 2.45) is 11.8 Å². The molecule has 19 heavy (non-hydrogen) atoms. The summed E-state index contributed by atoms with van der Waals surface area (Å²) in [7, 11) is 0. The molecule has 1 saturated heterocycles. The third kappa shape index (κ3) is 3.60. The Balaban J connectivity index is 1.93. The van der Waals surface area contributed by atoms with Gasteiger partial charge in [-0.3, -0.25) is 4.79 Å². The Morgan fingerprint density at radius 1 is 1.37 bits per heavy atom. The van der Waals surface area contributed by atoms with Gasteiger partial charge in [0, 0.05) is 24.9 Å². The predicted molar refractivity (Wildman–Crippen MR) is 79.4 cm³/mol. The van der Waals surface area contributed by atoms with Crippen LogP contribution in [0.15, 0.2) is 30.3 Å². The average molecular weight is 258 g/mol. The van der Waals surface area contributed by atoms with E-state index in [2.05, 4.69) is 13.8 Å². The molecule has 1 aliphatic rings. The maximum atomic E-state index is 12.1. The van der Waals surface area contributed by atoms with Crippen molar-refractivity contribution in [3.63, 3.8) is 0 Å². The number of carbonyl (C=O) groups is 1. The molecule has 2 rings (SSSR count). The first-order valence-corrected chi connectivity index (χ1v) is 6.89. The molecule has 102 valence electrons. The number of nitrogens with two attached hydrogens (primary N) is 1. The van der Waals surface area contributed by atoms with Crippen LogP contribution in [0.1, 0.15) is 25.8 Å². The van der Waals surface area contributed by atoms with E-state index in [1.165, 1.54) is 0 Å². The first-order valence-electron chi connectivity index (χ1n) is 6.89. The van der Waals surface area contributed by atoms with E-state index >= 15 is 0 Å². The molecule has 1 atom stereocenters. The smallest absolute Gasteiger partial charge is 0.246 e. The maximum Gasteiger partial charge on any atom is 0.246 e. The number of nitrogen functional groups attached to an aromatic ring is 1. The monoisotopic (exact) mass is 258 g/mol. The minimum absolute atomic E-state index is 0.111. The quantitative estimate of drug-likeness (QED) is 0.669. The number of benzene rings is 1. The Labute approximate surface area is 115 Å². The lowest BCUT2D eigenvalue weighted by molar-refractivity contribution is -0.125. The zero-order valence-electron chi connectivity index (χ0n) is 11.7. The van der Waals surface area contributed by atoms with Crippen LogP contribution in [0.25, 0.3) is 6.08 Å². The Morgan fingerprint density at radius 2 is 2.05 bits per heavy atom. The fourth-order valence-electron chi connectivity index (χ4n) is 2.41. The van der Waals surface area contributed by atoms with Crippen LogP contribution in [-0.2, 0) is 4.79 Å². The number of hydrogen-bond donors (Lipinski definition) is 1. The molecular formula is C16H22N2O. The van der Waals surface area contributed by atoms with Gasteiger partial charge in [0.05, 0.1) is 0 Å². The third-order valence-electron chi connectivity index (χ3n) is 3.83. The van der Waals surface area contributed by atoms with Crippen LogP contribution in [-0.4, -0.2) is 23.9 Å². The average Bonchev–Trinajstić information content (AvgIpc) is 2.87. The number of amides is 1. The van der Waals surface area contributed by atoms with Crippen LogP contribution in [0.4, 0.5) is 5.69 Å². The molecule has 1 aromatic rings. The molecule has 3 heteroatoms. The molecule has 1 aromatic carbocycles. The molecule has 0 spiro atoms. The van der Waals surface area contributed by atoms with E-state index in [1.807, 2.05) is 35.2 Å². The number of carbonyl (C=O) groups excluding carboxylic acids is 1. The zero-order valence-corrected chi connectivity index (χ0v) is 11.7. The van der Waals surface area contributed by atoms with Crippen molar-refractivity contribution in [2.75, 3.05) is 18.8 Å². The number of nitrogens with zero attached hydrogens (tertiary/aromatic N) is 1. The lowest BCUT2D eigenvalue weighted by Crippen LogP contribution is -2.27. The summed E-state index contributed by atoms with van der Waals surface area (Å²) in [6.45, 7) is 6.22. The standard InChI is InChI=1S/C16H22N2O/c1-12(2)14-9-10-18(11-14)16(19)8-5-13-3-6-15(17)7-4-13/h3-8,12,14H,9-11,17H2,1-2H3/b8-5+. The second-order valence-electron chi connectivity index (χ2n) is 5.58. The van der Waals surface area contributed by atoms with Gasteiger partial charge in [0.25, 0.3) is 0 Å². The van der Waals surface area contributed by atoms with Crippen LogP contribution in [0.3, 0.4) is 0 Å². The Hall–Kier alpha value is -1.77. The van der Waals surface area contributed by atoms with Gasteiger partial charge in [0.1, 0.15) is 0 Å². The van der Waals surface area contributed by atoms with E-state index in [0.717, 1.165) is 30.8 Å². The molecule has 1 heterocycles. The van der Waals surface area contributed by atoms with Gasteiger partial charge in [-0.25, -0.2) is 0 Å². The van der Waals surface area contributed by atoms with E-state index in [1.54, 1.807) is 6.08 Å². The molecule has 0 saturated carbocycles. The molecule has 1 unspecified atom stereocenters. The molecule has 1 amide bonds. The lowest BCUT2D eigenvalue weighted by atomic mass is 9.95. The number of rotatable bonds is 3. The van der Waals surface area contributed by atoms with E-state index in [-0.39, 0.29) is 5.91 Å². The molecule has 2 N–H and O–H groups in total. The van der Waals surface area contributed by atoms with Crippen molar-refractivity contribution in [3.05, 3.63) is 35.9 Å². The van der Waals surface area contributed by atoms with Crippen LogP contribution in [0, 0.1) is 11.8 Å². The summed E-state index contributed by atoms with van der Waals surface area (Å²) in [5.41, 5.74) is 7.37. The first kappa shape index (κ1) is 13.7. The number of anilines is 1. The molecular weight excluding hydrogens is 236 g/mol. The Morgan fingerprint density at radius 3 is 2.63 bits per heavy atom. The molecule has 3 nitrogen and oxygen atoms in total. The maximum absolute atomic E-state index is 12.1. The van der Waals surface area contributed by atoms with Crippen LogP contribution in [0.2, 0.25) is 0 Å². The van der Waals surface area contributed by atoms with Gasteiger partial charge in [0.2, 0.25) is 5.91 Å². The minimum atomic E-state index is 0.111. The highest BCUT2D eigenvalue weighted by atomic mass is 16.2. The fourth-order valence-corrected chi connectivity index (χ4v) is 2.41. The van der Waals surface area contributed by atoms with Crippen LogP contribution >= 0.6 is 0 Å². The van der Waals surface area contributed by atoms with Crippen LogP contribution in [0.5, 0.6) is 0 Å². The van der Waals surface area contributed by atoms with Crippen molar-refractivity contribution in [2.45, 2.75) is 20.3 Å². The zero-order chi connectivity index (χ0) is 13.8. The van der Waals surface area contributed by atoms with E-state index in [4.69, 9.17) is 5.73 Å². The van der Waals surface area contributed by atoms with Crippen molar-refractivity contribution in [1.29, 1.82) is 0 Å². The molecule has 0 aromatic heterocycles. The van der Waals surface area contributed by atoms with Crippen molar-refractivity contribution in [3.8, 4) is 0 Å². The van der Waals surface area contributed by atoms with Gasteiger partial charge >= 0.3 is 0 Å². The highest BCUT2D eigenvalue weighted by molar-refractivity contribution is 5.92. The van der Waals surface area contributed by atoms with Gasteiger partial charge in [-0.15, -0.1) is 0 Å². The Bertz CT molecular complexity index is 462. The summed E-state index contributed by atoms with van der Waals surface area (Å²) in [5.74, 6) is 1.41. The molecule has 0 bridgehead atoms. The fraction of sp³-hybridized carbons (Fsp3) is 0.438. The number of likely N-dealkylation sites (tertiary alicyclic amines) is 1. The van der Waals surface area contributed by atoms with Gasteiger partial charge in [-0.1, -0.05) is 26.0 Å². The molecule has 0 aliphatic carbocycles. The van der Waals surface area contributed by atoms with Gasteiger partial charge in [-0.2, -0.15) is 0 Å². The van der Waals surface area contributed by atoms with E-state index in [9.17, 15) is 4.79 Å². The van der Waals surface area contributed by atoms with Crippen molar-refractivity contribution in [1.82, 2.24) is 4.90 Å². The van der Waals surface area contributed by atoms with Gasteiger partial charge in [0.15, 0.2) is 0 Å².